The van der Waals surface area contributed by atoms with Crippen LogP contribution in [0.5, 0.6) is 0 Å². The predicted molar refractivity (Wildman–Crippen MR) is 102 cm³/mol. The van der Waals surface area contributed by atoms with Crippen LogP contribution in [-0.2, 0) is 14.3 Å². The second-order valence-electron chi connectivity index (χ2n) is 6.05. The summed E-state index contributed by atoms with van der Waals surface area (Å²) >= 11 is 0. The van der Waals surface area contributed by atoms with Gasteiger partial charge in [-0.25, -0.2) is 14.8 Å². The van der Waals surface area contributed by atoms with Crippen LogP contribution in [0.2, 0.25) is 0 Å². The van der Waals surface area contributed by atoms with Gasteiger partial charge in [-0.3, -0.25) is 4.79 Å². The van der Waals surface area contributed by atoms with Crippen LogP contribution in [-0.4, -0.2) is 59.9 Å². The summed E-state index contributed by atoms with van der Waals surface area (Å²) in [6.45, 7) is 7.07. The van der Waals surface area contributed by atoms with Gasteiger partial charge >= 0.3 is 11.9 Å². The number of aliphatic hydroxyl groups is 1. The summed E-state index contributed by atoms with van der Waals surface area (Å²) in [4.78, 5) is 34.5. The Balaban J connectivity index is 2.96. The summed E-state index contributed by atoms with van der Waals surface area (Å²) in [6, 6.07) is 0. The van der Waals surface area contributed by atoms with Gasteiger partial charge < -0.3 is 19.5 Å². The minimum atomic E-state index is -0.478. The molecule has 0 aromatic carbocycles. The van der Waals surface area contributed by atoms with E-state index in [0.717, 1.165) is 25.7 Å². The highest BCUT2D eigenvalue weighted by atomic mass is 16.5. The number of anilines is 1. The molecule has 0 saturated heterocycles. The molecule has 0 aliphatic heterocycles. The van der Waals surface area contributed by atoms with E-state index in [0.29, 0.717) is 36.9 Å². The maximum atomic E-state index is 12.3. The molecule has 8 heteroatoms. The van der Waals surface area contributed by atoms with Crippen molar-refractivity contribution in [2.45, 2.75) is 52.9 Å². The van der Waals surface area contributed by atoms with Crippen molar-refractivity contribution in [2.75, 3.05) is 37.8 Å². The molecule has 0 amide bonds. The van der Waals surface area contributed by atoms with Crippen molar-refractivity contribution < 1.29 is 24.2 Å². The van der Waals surface area contributed by atoms with Gasteiger partial charge in [-0.2, -0.15) is 0 Å². The number of carbonyl (C=O) groups excluding carboxylic acids is 2. The summed E-state index contributed by atoms with van der Waals surface area (Å²) < 4.78 is 10.1. The Hall–Kier alpha value is -2.22. The molecule has 0 atom stereocenters. The molecule has 0 bridgehead atoms. The third-order valence-corrected chi connectivity index (χ3v) is 3.91. The molecule has 0 aliphatic rings. The van der Waals surface area contributed by atoms with Gasteiger partial charge in [0.15, 0.2) is 0 Å². The van der Waals surface area contributed by atoms with E-state index in [-0.39, 0.29) is 25.6 Å². The van der Waals surface area contributed by atoms with Crippen LogP contribution in [0.1, 0.15) is 62.1 Å². The molecular weight excluding hydrogens is 350 g/mol. The Labute approximate surface area is 160 Å². The van der Waals surface area contributed by atoms with E-state index >= 15 is 0 Å². The average Bonchev–Trinajstić information content (AvgIpc) is 2.64. The van der Waals surface area contributed by atoms with Gasteiger partial charge in [-0.1, -0.05) is 12.8 Å². The number of ether oxygens (including phenoxy) is 2. The van der Waals surface area contributed by atoms with Crippen molar-refractivity contribution in [3.63, 3.8) is 0 Å². The molecule has 8 nitrogen and oxygen atoms in total. The molecule has 0 aliphatic carbocycles. The van der Waals surface area contributed by atoms with Gasteiger partial charge in [0, 0.05) is 25.9 Å². The van der Waals surface area contributed by atoms with Crippen molar-refractivity contribution in [3.8, 4) is 0 Å². The van der Waals surface area contributed by atoms with E-state index in [1.54, 1.807) is 20.8 Å². The molecule has 1 heterocycles. The maximum Gasteiger partial charge on any atom is 0.343 e. The van der Waals surface area contributed by atoms with E-state index in [2.05, 4.69) is 9.97 Å². The minimum absolute atomic E-state index is 0.185. The molecular formula is C19H31N3O5. The molecule has 0 spiro atoms. The third-order valence-electron chi connectivity index (χ3n) is 3.91. The number of carbonyl (C=O) groups is 2. The van der Waals surface area contributed by atoms with Gasteiger partial charge in [0.2, 0.25) is 0 Å². The van der Waals surface area contributed by atoms with Crippen LogP contribution in [0.4, 0.5) is 5.82 Å². The number of hydrogen-bond donors (Lipinski definition) is 1. The lowest BCUT2D eigenvalue weighted by Gasteiger charge is -2.25. The minimum Gasteiger partial charge on any atom is -0.466 e. The van der Waals surface area contributed by atoms with Crippen molar-refractivity contribution >= 4 is 17.8 Å². The number of aromatic nitrogens is 2. The largest absolute Gasteiger partial charge is 0.466 e. The molecule has 27 heavy (non-hydrogen) atoms. The number of aryl methyl sites for hydroxylation is 1. The SMILES string of the molecule is CCOC(=O)CCN(CCCCCCO)c1nc(C)ncc1C(=O)OCC. The zero-order valence-corrected chi connectivity index (χ0v) is 16.6. The van der Waals surface area contributed by atoms with E-state index in [1.165, 1.54) is 6.20 Å². The summed E-state index contributed by atoms with van der Waals surface area (Å²) in [5.41, 5.74) is 0.293. The van der Waals surface area contributed by atoms with Crippen molar-refractivity contribution in [2.24, 2.45) is 0 Å². The first-order valence-corrected chi connectivity index (χ1v) is 9.55. The van der Waals surface area contributed by atoms with Gasteiger partial charge in [0.1, 0.15) is 17.2 Å². The molecule has 152 valence electrons. The fourth-order valence-electron chi connectivity index (χ4n) is 2.60. The molecule has 0 saturated carbocycles. The molecule has 1 aromatic heterocycles. The first-order valence-electron chi connectivity index (χ1n) is 9.55. The Morgan fingerprint density at radius 3 is 2.44 bits per heavy atom. The number of esters is 2. The van der Waals surface area contributed by atoms with Gasteiger partial charge in [0.25, 0.3) is 0 Å². The van der Waals surface area contributed by atoms with Crippen LogP contribution in [0.3, 0.4) is 0 Å². The second-order valence-corrected chi connectivity index (χ2v) is 6.05. The standard InChI is InChI=1S/C19H31N3O5/c1-4-26-17(24)10-12-22(11-8-6-7-9-13-23)18-16(19(25)27-5-2)14-20-15(3)21-18/h14,23H,4-13H2,1-3H3. The van der Waals surface area contributed by atoms with Crippen molar-refractivity contribution in [3.05, 3.63) is 17.6 Å². The highest BCUT2D eigenvalue weighted by Gasteiger charge is 2.21. The van der Waals surface area contributed by atoms with Gasteiger partial charge in [-0.15, -0.1) is 0 Å². The monoisotopic (exact) mass is 381 g/mol. The van der Waals surface area contributed by atoms with E-state index in [1.807, 2.05) is 4.90 Å². The summed E-state index contributed by atoms with van der Waals surface area (Å²) in [5, 5.41) is 8.90. The Morgan fingerprint density at radius 2 is 1.78 bits per heavy atom. The fraction of sp³-hybridized carbons (Fsp3) is 0.684. The molecule has 0 radical (unpaired) electrons. The quantitative estimate of drug-likeness (QED) is 0.410. The van der Waals surface area contributed by atoms with Gasteiger partial charge in [0.05, 0.1) is 19.6 Å². The number of hydrogen-bond acceptors (Lipinski definition) is 8. The Morgan fingerprint density at radius 1 is 1.07 bits per heavy atom. The zero-order valence-electron chi connectivity index (χ0n) is 16.6. The highest BCUT2D eigenvalue weighted by Crippen LogP contribution is 2.20. The van der Waals surface area contributed by atoms with Crippen LogP contribution in [0.15, 0.2) is 6.20 Å². The van der Waals surface area contributed by atoms with E-state index in [9.17, 15) is 9.59 Å². The lowest BCUT2D eigenvalue weighted by atomic mass is 10.2. The van der Waals surface area contributed by atoms with Crippen molar-refractivity contribution in [1.29, 1.82) is 0 Å². The summed E-state index contributed by atoms with van der Waals surface area (Å²) in [7, 11) is 0. The van der Waals surface area contributed by atoms with E-state index in [4.69, 9.17) is 14.6 Å². The number of rotatable bonds is 13. The highest BCUT2D eigenvalue weighted by molar-refractivity contribution is 5.94. The number of unbranched alkanes of at least 4 members (excludes halogenated alkanes) is 3. The Bertz CT molecular complexity index is 595. The average molecular weight is 381 g/mol. The lowest BCUT2D eigenvalue weighted by Crippen LogP contribution is -2.31. The van der Waals surface area contributed by atoms with Crippen molar-refractivity contribution in [1.82, 2.24) is 9.97 Å². The normalized spacial score (nSPS) is 10.5. The lowest BCUT2D eigenvalue weighted by molar-refractivity contribution is -0.142. The predicted octanol–water partition coefficient (Wildman–Crippen LogP) is 2.27. The Kier molecular flexibility index (Phi) is 11.0. The first-order chi connectivity index (χ1) is 13.0. The second kappa shape index (κ2) is 13.0. The van der Waals surface area contributed by atoms with E-state index < -0.39 is 5.97 Å². The van der Waals surface area contributed by atoms with Crippen LogP contribution in [0, 0.1) is 6.92 Å². The zero-order chi connectivity index (χ0) is 20.1. The molecule has 1 aromatic rings. The fourth-order valence-corrected chi connectivity index (χ4v) is 2.60. The molecule has 1 rings (SSSR count). The topological polar surface area (TPSA) is 102 Å². The van der Waals surface area contributed by atoms with Crippen LogP contribution >= 0.6 is 0 Å². The maximum absolute atomic E-state index is 12.3. The first kappa shape index (κ1) is 22.8. The summed E-state index contributed by atoms with van der Waals surface area (Å²) in [6.07, 6.45) is 5.16. The third kappa shape index (κ3) is 8.34. The smallest absolute Gasteiger partial charge is 0.343 e. The van der Waals surface area contributed by atoms with Crippen LogP contribution in [0.25, 0.3) is 0 Å². The molecule has 0 fully saturated rings. The number of nitrogens with zero attached hydrogens (tertiary/aromatic N) is 3. The van der Waals surface area contributed by atoms with Crippen LogP contribution < -0.4 is 4.90 Å². The number of aliphatic hydroxyl groups excluding tert-OH is 1. The summed E-state index contributed by atoms with van der Waals surface area (Å²) in [5.74, 6) is 0.257. The van der Waals surface area contributed by atoms with Gasteiger partial charge in [-0.05, 0) is 33.6 Å². The molecule has 0 unspecified atom stereocenters. The molecule has 1 N–H and O–H groups in total.